The Labute approximate surface area is 220 Å². The van der Waals surface area contributed by atoms with Gasteiger partial charge in [-0.1, -0.05) is 18.1 Å². The number of fused-ring (bicyclic) bond motifs is 1. The van der Waals surface area contributed by atoms with Gasteiger partial charge in [-0.3, -0.25) is 4.57 Å². The van der Waals surface area contributed by atoms with Crippen LogP contribution in [-0.4, -0.2) is 113 Å². The number of aliphatic hydroxyl groups excluding tert-OH is 4. The molecule has 3 aromatic heterocycles. The molecule has 5 rings (SSSR count). The standard InChI is InChI=1S/C20H30N9O9P/c30-7-14-23-17(22-10-3-1-2-4-10)11-6-21-29(18(11)24-14)19-16(33)15(32)12(38-19)8-37-20(9-31,39(34,35)36)5-13-25-27-28-26-13/h6,10,12,15-16,19,30-33H,1-5,7-9H2,(H,22,23,24)(H2,34,35,36)(H,25,26,27,28)/t12-,15-,16-,19-,20?/m1/s1. The van der Waals surface area contributed by atoms with Gasteiger partial charge in [-0.25, -0.2) is 14.6 Å². The molecule has 39 heavy (non-hydrogen) atoms. The van der Waals surface area contributed by atoms with Crippen LogP contribution in [-0.2, 0) is 27.1 Å². The van der Waals surface area contributed by atoms with Gasteiger partial charge in [0.05, 0.1) is 31.2 Å². The molecule has 8 N–H and O–H groups in total. The highest BCUT2D eigenvalue weighted by Gasteiger charge is 2.52. The Hall–Kier alpha value is -2.67. The first kappa shape index (κ1) is 27.9. The van der Waals surface area contributed by atoms with Crippen molar-refractivity contribution in [2.24, 2.45) is 0 Å². The maximum Gasteiger partial charge on any atom is 0.359 e. The van der Waals surface area contributed by atoms with Gasteiger partial charge in [-0.05, 0) is 12.8 Å². The number of aromatic amines is 1. The number of ether oxygens (including phenoxy) is 2. The van der Waals surface area contributed by atoms with E-state index in [-0.39, 0.29) is 23.3 Å². The quantitative estimate of drug-likeness (QED) is 0.115. The Balaban J connectivity index is 1.38. The van der Waals surface area contributed by atoms with Gasteiger partial charge in [0.15, 0.2) is 28.9 Å². The number of aliphatic hydroxyl groups is 4. The van der Waals surface area contributed by atoms with Crippen LogP contribution in [0, 0.1) is 0 Å². The molecule has 214 valence electrons. The van der Waals surface area contributed by atoms with Crippen molar-refractivity contribution in [2.45, 2.75) is 74.6 Å². The minimum absolute atomic E-state index is 0.119. The maximum absolute atomic E-state index is 12.3. The predicted octanol–water partition coefficient (Wildman–Crippen LogP) is -2.07. The molecular formula is C20H30N9O9P. The topological polar surface area (TPSA) is 267 Å². The van der Waals surface area contributed by atoms with Crippen LogP contribution in [0.3, 0.4) is 0 Å². The lowest BCUT2D eigenvalue weighted by Gasteiger charge is -2.32. The molecule has 1 aliphatic heterocycles. The summed E-state index contributed by atoms with van der Waals surface area (Å²) in [5.74, 6) is 0.474. The lowest BCUT2D eigenvalue weighted by molar-refractivity contribution is -0.109. The molecule has 1 saturated heterocycles. The van der Waals surface area contributed by atoms with Crippen LogP contribution in [0.15, 0.2) is 6.20 Å². The highest BCUT2D eigenvalue weighted by atomic mass is 31.2. The second-order valence-corrected chi connectivity index (χ2v) is 11.5. The highest BCUT2D eigenvalue weighted by Crippen LogP contribution is 2.53. The van der Waals surface area contributed by atoms with Crippen LogP contribution in [0.4, 0.5) is 5.82 Å². The first-order valence-electron chi connectivity index (χ1n) is 12.3. The second kappa shape index (κ2) is 11.1. The zero-order chi connectivity index (χ0) is 27.8. The fourth-order valence-electron chi connectivity index (χ4n) is 4.84. The zero-order valence-corrected chi connectivity index (χ0v) is 21.5. The van der Waals surface area contributed by atoms with Crippen LogP contribution in [0.5, 0.6) is 0 Å². The molecule has 0 radical (unpaired) electrons. The normalized spacial score (nSPS) is 25.9. The lowest BCUT2D eigenvalue weighted by Crippen LogP contribution is -2.43. The van der Waals surface area contributed by atoms with Crippen molar-refractivity contribution in [3.8, 4) is 0 Å². The van der Waals surface area contributed by atoms with E-state index in [0.717, 1.165) is 25.7 Å². The van der Waals surface area contributed by atoms with Gasteiger partial charge in [0.25, 0.3) is 0 Å². The molecule has 0 aromatic carbocycles. The summed E-state index contributed by atoms with van der Waals surface area (Å²) < 4.78 is 24.8. The first-order chi connectivity index (χ1) is 18.7. The lowest BCUT2D eigenvalue weighted by atomic mass is 10.1. The number of tetrazole rings is 1. The summed E-state index contributed by atoms with van der Waals surface area (Å²) in [7, 11) is -5.12. The number of nitrogens with zero attached hydrogens (tertiary/aromatic N) is 7. The average Bonchev–Trinajstić information content (AvgIpc) is 3.71. The van der Waals surface area contributed by atoms with E-state index in [0.29, 0.717) is 11.2 Å². The number of rotatable bonds is 11. The molecule has 4 heterocycles. The van der Waals surface area contributed by atoms with Crippen LogP contribution < -0.4 is 5.32 Å². The third-order valence-corrected chi connectivity index (χ3v) is 8.52. The van der Waals surface area contributed by atoms with Crippen molar-refractivity contribution in [3.63, 3.8) is 0 Å². The summed E-state index contributed by atoms with van der Waals surface area (Å²) in [6.07, 6.45) is -0.599. The van der Waals surface area contributed by atoms with Crippen molar-refractivity contribution in [2.75, 3.05) is 18.5 Å². The Morgan fingerprint density at radius 1 is 1.18 bits per heavy atom. The summed E-state index contributed by atoms with van der Waals surface area (Å²) >= 11 is 0. The van der Waals surface area contributed by atoms with Gasteiger partial charge in [-0.2, -0.15) is 10.3 Å². The van der Waals surface area contributed by atoms with Gasteiger partial charge in [-0.15, -0.1) is 10.2 Å². The van der Waals surface area contributed by atoms with E-state index in [4.69, 9.17) is 9.47 Å². The largest absolute Gasteiger partial charge is 0.393 e. The third kappa shape index (κ3) is 5.39. The molecule has 18 nitrogen and oxygen atoms in total. The van der Waals surface area contributed by atoms with Crippen molar-refractivity contribution in [1.82, 2.24) is 40.4 Å². The molecule has 0 spiro atoms. The van der Waals surface area contributed by atoms with E-state index < -0.39 is 63.7 Å². The number of hydrogen-bond donors (Lipinski definition) is 8. The summed E-state index contributed by atoms with van der Waals surface area (Å²) in [5.41, 5.74) is 0.240. The van der Waals surface area contributed by atoms with Gasteiger partial charge in [0.2, 0.25) is 0 Å². The highest BCUT2D eigenvalue weighted by molar-refractivity contribution is 7.53. The minimum atomic E-state index is -5.12. The molecule has 1 unspecified atom stereocenters. The first-order valence-corrected chi connectivity index (χ1v) is 13.9. The molecule has 0 amide bonds. The molecule has 2 fully saturated rings. The van der Waals surface area contributed by atoms with Crippen LogP contribution in [0.1, 0.15) is 43.6 Å². The van der Waals surface area contributed by atoms with E-state index in [9.17, 15) is 34.8 Å². The van der Waals surface area contributed by atoms with E-state index >= 15 is 0 Å². The van der Waals surface area contributed by atoms with Gasteiger partial charge >= 0.3 is 7.60 Å². The summed E-state index contributed by atoms with van der Waals surface area (Å²) in [6.45, 7) is -2.18. The molecule has 0 bridgehead atoms. The number of H-pyrrole nitrogens is 1. The third-order valence-electron chi connectivity index (χ3n) is 7.03. The number of hydrogen-bond acceptors (Lipinski definition) is 14. The molecule has 1 saturated carbocycles. The Morgan fingerprint density at radius 3 is 2.59 bits per heavy atom. The smallest absolute Gasteiger partial charge is 0.359 e. The van der Waals surface area contributed by atoms with Gasteiger partial charge in [0.1, 0.15) is 30.7 Å². The van der Waals surface area contributed by atoms with E-state index in [1.54, 1.807) is 0 Å². The fourth-order valence-corrected chi connectivity index (χ4v) is 5.62. The average molecular weight is 571 g/mol. The van der Waals surface area contributed by atoms with Crippen molar-refractivity contribution in [3.05, 3.63) is 17.8 Å². The van der Waals surface area contributed by atoms with Gasteiger partial charge in [0, 0.05) is 6.04 Å². The summed E-state index contributed by atoms with van der Waals surface area (Å²) in [4.78, 5) is 28.6. The minimum Gasteiger partial charge on any atom is -0.393 e. The molecule has 2 aliphatic rings. The van der Waals surface area contributed by atoms with E-state index in [1.165, 1.54) is 10.9 Å². The van der Waals surface area contributed by atoms with Crippen LogP contribution in [0.2, 0.25) is 0 Å². The predicted molar refractivity (Wildman–Crippen MR) is 129 cm³/mol. The maximum atomic E-state index is 12.3. The van der Waals surface area contributed by atoms with Gasteiger partial charge < -0.3 is 45.0 Å². The second-order valence-electron chi connectivity index (χ2n) is 9.61. The zero-order valence-electron chi connectivity index (χ0n) is 20.6. The molecule has 19 heteroatoms. The monoisotopic (exact) mass is 571 g/mol. The SMILES string of the molecule is O=P(O)(O)C(CO)(Cc1nn[nH]n1)OC[C@H]1O[C@@H](n2ncc3c(NC4CCCC4)nc(CO)nc32)[C@H](O)[C@@H]1O. The van der Waals surface area contributed by atoms with Crippen molar-refractivity contribution in [1.29, 1.82) is 0 Å². The molecular weight excluding hydrogens is 541 g/mol. The van der Waals surface area contributed by atoms with Crippen molar-refractivity contribution >= 4 is 24.4 Å². The molecule has 1 aliphatic carbocycles. The van der Waals surface area contributed by atoms with Crippen LogP contribution in [0.25, 0.3) is 11.0 Å². The van der Waals surface area contributed by atoms with Crippen LogP contribution >= 0.6 is 7.60 Å². The number of aromatic nitrogens is 8. The van der Waals surface area contributed by atoms with E-state index in [1.807, 2.05) is 0 Å². The fraction of sp³-hybridized carbons (Fsp3) is 0.700. The number of nitrogens with one attached hydrogen (secondary N) is 2. The Bertz CT molecular complexity index is 1320. The number of anilines is 1. The molecule has 5 atom stereocenters. The van der Waals surface area contributed by atoms with E-state index in [2.05, 4.69) is 41.0 Å². The molecule has 3 aromatic rings. The Kier molecular flexibility index (Phi) is 7.91. The Morgan fingerprint density at radius 2 is 1.95 bits per heavy atom. The summed E-state index contributed by atoms with van der Waals surface area (Å²) in [6, 6.07) is 0.211. The summed E-state index contributed by atoms with van der Waals surface area (Å²) in [5, 5.41) is 59.6. The van der Waals surface area contributed by atoms with Crippen molar-refractivity contribution < 1.29 is 44.3 Å².